The zero-order valence-electron chi connectivity index (χ0n) is 12.8. The Morgan fingerprint density at radius 3 is 2.80 bits per heavy atom. The number of fused-ring (bicyclic) bond motifs is 1. The van der Waals surface area contributed by atoms with E-state index in [1.165, 1.54) is 17.8 Å². The maximum absolute atomic E-state index is 13.8. The van der Waals surface area contributed by atoms with Gasteiger partial charge in [-0.2, -0.15) is 0 Å². The Balaban J connectivity index is 1.44. The van der Waals surface area contributed by atoms with Crippen molar-refractivity contribution in [3.63, 3.8) is 0 Å². The van der Waals surface area contributed by atoms with Gasteiger partial charge in [-0.1, -0.05) is 41.6 Å². The van der Waals surface area contributed by atoms with Gasteiger partial charge in [-0.3, -0.25) is 0 Å². The average Bonchev–Trinajstić information content (AvgIpc) is 3.10. The zero-order valence-corrected chi connectivity index (χ0v) is 14.4. The largest absolute Gasteiger partial charge is 0.485 e. The molecule has 1 atom stereocenters. The van der Waals surface area contributed by atoms with Crippen molar-refractivity contribution in [2.45, 2.75) is 17.1 Å². The molecule has 1 aliphatic rings. The van der Waals surface area contributed by atoms with E-state index in [1.807, 2.05) is 24.3 Å². The fraction of sp³-hybridized carbons (Fsp3) is 0.176. The topological polar surface area (TPSA) is 57.4 Å². The molecular formula is C17H12ClFN2O3S. The monoisotopic (exact) mass is 378 g/mol. The number of nitrogens with zero attached hydrogens (tertiary/aromatic N) is 2. The number of para-hydroxylation sites is 2. The maximum Gasteiger partial charge on any atom is 0.277 e. The third kappa shape index (κ3) is 3.43. The lowest BCUT2D eigenvalue weighted by molar-refractivity contribution is 0.0686. The first kappa shape index (κ1) is 16.2. The number of hydrogen-bond acceptors (Lipinski definition) is 6. The molecule has 0 saturated heterocycles. The van der Waals surface area contributed by atoms with E-state index in [2.05, 4.69) is 10.2 Å². The van der Waals surface area contributed by atoms with Crippen molar-refractivity contribution in [2.75, 3.05) is 6.61 Å². The van der Waals surface area contributed by atoms with Crippen molar-refractivity contribution in [1.29, 1.82) is 0 Å². The smallest absolute Gasteiger partial charge is 0.277 e. The van der Waals surface area contributed by atoms with Crippen molar-refractivity contribution in [1.82, 2.24) is 10.2 Å². The summed E-state index contributed by atoms with van der Waals surface area (Å²) >= 11 is 7.23. The molecule has 4 rings (SSSR count). The third-order valence-corrected chi connectivity index (χ3v) is 4.81. The van der Waals surface area contributed by atoms with Crippen molar-refractivity contribution < 1.29 is 18.3 Å². The van der Waals surface area contributed by atoms with Crippen LogP contribution in [0, 0.1) is 5.82 Å². The quantitative estimate of drug-likeness (QED) is 0.615. The second kappa shape index (κ2) is 6.93. The van der Waals surface area contributed by atoms with Gasteiger partial charge in [0, 0.05) is 16.3 Å². The standard InChI is InChI=1S/C17H12ClFN2O3S/c18-11-4-3-5-12(19)10(11)9-25-17-21-20-16(24-17)15-8-22-13-6-1-2-7-14(13)23-15/h1-7,15H,8-9H2/t15-/m1/s1. The average molecular weight is 379 g/mol. The number of rotatable bonds is 4. The summed E-state index contributed by atoms with van der Waals surface area (Å²) in [5.41, 5.74) is 0.403. The molecule has 0 saturated carbocycles. The minimum atomic E-state index is -0.478. The molecule has 5 nitrogen and oxygen atoms in total. The summed E-state index contributed by atoms with van der Waals surface area (Å²) in [7, 11) is 0. The van der Waals surface area contributed by atoms with Crippen LogP contribution in [0.1, 0.15) is 17.6 Å². The lowest BCUT2D eigenvalue weighted by Gasteiger charge is -2.23. The fourth-order valence-corrected chi connectivity index (χ4v) is 3.47. The highest BCUT2D eigenvalue weighted by Gasteiger charge is 2.27. The van der Waals surface area contributed by atoms with Gasteiger partial charge in [-0.15, -0.1) is 10.2 Å². The van der Waals surface area contributed by atoms with Crippen LogP contribution in [0.2, 0.25) is 5.02 Å². The molecule has 0 radical (unpaired) electrons. The summed E-state index contributed by atoms with van der Waals surface area (Å²) in [6.45, 7) is 0.280. The number of aromatic nitrogens is 2. The van der Waals surface area contributed by atoms with E-state index in [4.69, 9.17) is 25.5 Å². The molecule has 0 amide bonds. The van der Waals surface area contributed by atoms with Gasteiger partial charge in [0.25, 0.3) is 11.1 Å². The molecule has 1 aromatic heterocycles. The van der Waals surface area contributed by atoms with Gasteiger partial charge in [-0.05, 0) is 24.3 Å². The van der Waals surface area contributed by atoms with E-state index in [-0.39, 0.29) is 18.2 Å². The summed E-state index contributed by atoms with van der Waals surface area (Å²) in [6, 6.07) is 12.0. The minimum absolute atomic E-state index is 0.280. The predicted octanol–water partition coefficient (Wildman–Crippen LogP) is 4.67. The maximum atomic E-state index is 13.8. The normalized spacial score (nSPS) is 16.0. The van der Waals surface area contributed by atoms with Crippen LogP contribution in [0.25, 0.3) is 0 Å². The van der Waals surface area contributed by atoms with E-state index in [0.29, 0.717) is 33.2 Å². The Morgan fingerprint density at radius 1 is 1.12 bits per heavy atom. The first-order valence-corrected chi connectivity index (χ1v) is 8.84. The third-order valence-electron chi connectivity index (χ3n) is 3.61. The minimum Gasteiger partial charge on any atom is -0.485 e. The van der Waals surface area contributed by atoms with Gasteiger partial charge in [0.1, 0.15) is 12.4 Å². The summed E-state index contributed by atoms with van der Waals surface area (Å²) in [5.74, 6) is 1.56. The Hall–Kier alpha value is -2.25. The number of halogens is 2. The molecule has 0 aliphatic carbocycles. The molecule has 0 fully saturated rings. The Labute approximate surface area is 152 Å². The van der Waals surface area contributed by atoms with Crippen molar-refractivity contribution in [3.8, 4) is 11.5 Å². The van der Waals surface area contributed by atoms with E-state index >= 15 is 0 Å². The van der Waals surface area contributed by atoms with Crippen LogP contribution in [0.3, 0.4) is 0 Å². The highest BCUT2D eigenvalue weighted by atomic mass is 35.5. The molecule has 128 valence electrons. The van der Waals surface area contributed by atoms with Crippen LogP contribution < -0.4 is 9.47 Å². The number of thioether (sulfide) groups is 1. The van der Waals surface area contributed by atoms with Crippen LogP contribution >= 0.6 is 23.4 Å². The number of hydrogen-bond donors (Lipinski definition) is 0. The second-order valence-electron chi connectivity index (χ2n) is 5.26. The van der Waals surface area contributed by atoms with E-state index in [1.54, 1.807) is 12.1 Å². The molecule has 0 N–H and O–H groups in total. The highest BCUT2D eigenvalue weighted by Crippen LogP contribution is 2.36. The van der Waals surface area contributed by atoms with Crippen LogP contribution in [0.15, 0.2) is 52.1 Å². The molecule has 3 aromatic rings. The van der Waals surface area contributed by atoms with E-state index in [0.717, 1.165) is 0 Å². The van der Waals surface area contributed by atoms with Gasteiger partial charge in [-0.25, -0.2) is 4.39 Å². The van der Waals surface area contributed by atoms with Gasteiger partial charge >= 0.3 is 0 Å². The summed E-state index contributed by atoms with van der Waals surface area (Å²) in [4.78, 5) is 0. The number of benzene rings is 2. The van der Waals surface area contributed by atoms with Crippen LogP contribution in [-0.4, -0.2) is 16.8 Å². The summed E-state index contributed by atoms with van der Waals surface area (Å²) in [6.07, 6.45) is -0.478. The first-order chi connectivity index (χ1) is 12.2. The van der Waals surface area contributed by atoms with Gasteiger partial charge in [0.15, 0.2) is 11.5 Å². The molecule has 1 aliphatic heterocycles. The van der Waals surface area contributed by atoms with Crippen molar-refractivity contribution >= 4 is 23.4 Å². The molecule has 25 heavy (non-hydrogen) atoms. The highest BCUT2D eigenvalue weighted by molar-refractivity contribution is 7.98. The Bertz CT molecular complexity index is 885. The van der Waals surface area contributed by atoms with Crippen LogP contribution in [-0.2, 0) is 5.75 Å². The number of ether oxygens (including phenoxy) is 2. The molecule has 2 aromatic carbocycles. The van der Waals surface area contributed by atoms with Crippen molar-refractivity contribution in [2.24, 2.45) is 0 Å². The molecule has 0 bridgehead atoms. The molecule has 8 heteroatoms. The lowest BCUT2D eigenvalue weighted by Crippen LogP contribution is -2.21. The zero-order chi connectivity index (χ0) is 17.2. The van der Waals surface area contributed by atoms with Gasteiger partial charge in [0.2, 0.25) is 6.10 Å². The Kier molecular flexibility index (Phi) is 4.50. The first-order valence-electron chi connectivity index (χ1n) is 7.48. The Morgan fingerprint density at radius 2 is 1.96 bits per heavy atom. The summed E-state index contributed by atoms with van der Waals surface area (Å²) < 4.78 is 30.9. The molecule has 0 unspecified atom stereocenters. The van der Waals surface area contributed by atoms with Crippen LogP contribution in [0.4, 0.5) is 4.39 Å². The van der Waals surface area contributed by atoms with E-state index < -0.39 is 6.10 Å². The molecule has 0 spiro atoms. The molecular weight excluding hydrogens is 367 g/mol. The predicted molar refractivity (Wildman–Crippen MR) is 90.6 cm³/mol. The molecule has 2 heterocycles. The SMILES string of the molecule is Fc1cccc(Cl)c1CSc1nnc([C@H]2COc3ccccc3O2)o1. The van der Waals surface area contributed by atoms with E-state index in [9.17, 15) is 4.39 Å². The van der Waals surface area contributed by atoms with Gasteiger partial charge in [0.05, 0.1) is 0 Å². The van der Waals surface area contributed by atoms with Crippen LogP contribution in [0.5, 0.6) is 11.5 Å². The van der Waals surface area contributed by atoms with Crippen molar-refractivity contribution in [3.05, 3.63) is 64.8 Å². The lowest BCUT2D eigenvalue weighted by atomic mass is 10.2. The summed E-state index contributed by atoms with van der Waals surface area (Å²) in [5, 5.41) is 8.65. The fourth-order valence-electron chi connectivity index (χ4n) is 2.35. The van der Waals surface area contributed by atoms with Gasteiger partial charge < -0.3 is 13.9 Å². The second-order valence-corrected chi connectivity index (χ2v) is 6.59.